The smallest absolute Gasteiger partial charge is 0.230 e. The average Bonchev–Trinajstić information content (AvgIpc) is 3.27. The number of thiazole rings is 1. The first-order valence-electron chi connectivity index (χ1n) is 8.91. The second-order valence-electron chi connectivity index (χ2n) is 7.18. The Hall–Kier alpha value is -1.44. The second kappa shape index (κ2) is 6.70. The Morgan fingerprint density at radius 2 is 2.08 bits per heavy atom. The molecule has 0 amide bonds. The molecule has 0 radical (unpaired) electrons. The van der Waals surface area contributed by atoms with Gasteiger partial charge in [0.25, 0.3) is 0 Å². The standard InChI is InChI=1S/C18H24N4OS2/c1-4-14-19-18-22(20-14)17(23)16(25-18)15(13-6-5-7-24-13)21-9-11(2)8-12(3)10-21/h5-7,11-12,15,23H,4,8-10H2,1-3H3/t11-,12-,15+/m0/s1. The maximum atomic E-state index is 10.9. The zero-order valence-electron chi connectivity index (χ0n) is 14.8. The molecule has 3 aromatic heterocycles. The zero-order valence-corrected chi connectivity index (χ0v) is 16.5. The van der Waals surface area contributed by atoms with E-state index in [4.69, 9.17) is 0 Å². The molecule has 0 aliphatic carbocycles. The van der Waals surface area contributed by atoms with E-state index in [0.29, 0.717) is 11.8 Å². The molecule has 7 heteroatoms. The number of piperidine rings is 1. The molecule has 25 heavy (non-hydrogen) atoms. The lowest BCUT2D eigenvalue weighted by Crippen LogP contribution is -2.41. The molecule has 3 aromatic rings. The topological polar surface area (TPSA) is 53.7 Å². The van der Waals surface area contributed by atoms with Crippen molar-refractivity contribution in [1.82, 2.24) is 19.5 Å². The number of aromatic nitrogens is 3. The first-order valence-corrected chi connectivity index (χ1v) is 10.6. The van der Waals surface area contributed by atoms with Gasteiger partial charge < -0.3 is 5.11 Å². The van der Waals surface area contributed by atoms with Crippen LogP contribution in [0.2, 0.25) is 0 Å². The third-order valence-corrected chi connectivity index (χ3v) is 6.88. The predicted molar refractivity (Wildman–Crippen MR) is 103 cm³/mol. The summed E-state index contributed by atoms with van der Waals surface area (Å²) in [7, 11) is 0. The summed E-state index contributed by atoms with van der Waals surface area (Å²) in [4.78, 5) is 10.1. The molecule has 4 heterocycles. The molecule has 3 atom stereocenters. The van der Waals surface area contributed by atoms with E-state index >= 15 is 0 Å². The van der Waals surface area contributed by atoms with Gasteiger partial charge in [-0.15, -0.1) is 16.4 Å². The molecule has 0 bridgehead atoms. The predicted octanol–water partition coefficient (Wildman–Crippen LogP) is 4.19. The van der Waals surface area contributed by atoms with E-state index in [1.54, 1.807) is 27.2 Å². The molecule has 1 N–H and O–H groups in total. The van der Waals surface area contributed by atoms with Crippen molar-refractivity contribution in [3.8, 4) is 5.88 Å². The summed E-state index contributed by atoms with van der Waals surface area (Å²) in [6.45, 7) is 8.79. The van der Waals surface area contributed by atoms with E-state index in [1.807, 2.05) is 6.92 Å². The molecule has 0 saturated carbocycles. The van der Waals surface area contributed by atoms with Crippen molar-refractivity contribution >= 4 is 27.6 Å². The fourth-order valence-corrected chi connectivity index (χ4v) is 6.03. The number of nitrogens with zero attached hydrogens (tertiary/aromatic N) is 4. The van der Waals surface area contributed by atoms with E-state index in [2.05, 4.69) is 46.3 Å². The highest BCUT2D eigenvalue weighted by molar-refractivity contribution is 7.17. The first kappa shape index (κ1) is 17.0. The molecule has 134 valence electrons. The van der Waals surface area contributed by atoms with E-state index in [1.165, 1.54) is 11.3 Å². The van der Waals surface area contributed by atoms with Crippen molar-refractivity contribution in [3.63, 3.8) is 0 Å². The summed E-state index contributed by atoms with van der Waals surface area (Å²) < 4.78 is 1.61. The van der Waals surface area contributed by atoms with Gasteiger partial charge in [-0.1, -0.05) is 38.2 Å². The van der Waals surface area contributed by atoms with Crippen LogP contribution >= 0.6 is 22.7 Å². The highest BCUT2D eigenvalue weighted by Crippen LogP contribution is 2.43. The van der Waals surface area contributed by atoms with Crippen LogP contribution in [0.4, 0.5) is 0 Å². The monoisotopic (exact) mass is 376 g/mol. The first-order chi connectivity index (χ1) is 12.1. The third-order valence-electron chi connectivity index (χ3n) is 4.88. The van der Waals surface area contributed by atoms with Gasteiger partial charge in [-0.2, -0.15) is 4.52 Å². The Balaban J connectivity index is 1.78. The van der Waals surface area contributed by atoms with Crippen molar-refractivity contribution in [3.05, 3.63) is 33.1 Å². The number of hydrogen-bond acceptors (Lipinski definition) is 6. The largest absolute Gasteiger partial charge is 0.492 e. The Morgan fingerprint density at radius 1 is 1.32 bits per heavy atom. The van der Waals surface area contributed by atoms with Crippen LogP contribution in [0.3, 0.4) is 0 Å². The van der Waals surface area contributed by atoms with Crippen LogP contribution in [0.15, 0.2) is 17.5 Å². The number of hydrogen-bond donors (Lipinski definition) is 1. The number of likely N-dealkylation sites (tertiary alicyclic amines) is 1. The molecular formula is C18H24N4OS2. The van der Waals surface area contributed by atoms with Crippen LogP contribution in [-0.2, 0) is 6.42 Å². The van der Waals surface area contributed by atoms with Crippen LogP contribution in [0.25, 0.3) is 4.96 Å². The van der Waals surface area contributed by atoms with E-state index in [-0.39, 0.29) is 11.9 Å². The zero-order chi connectivity index (χ0) is 17.6. The van der Waals surface area contributed by atoms with Crippen LogP contribution in [0, 0.1) is 11.8 Å². The van der Waals surface area contributed by atoms with Gasteiger partial charge in [-0.25, -0.2) is 4.98 Å². The van der Waals surface area contributed by atoms with Crippen molar-refractivity contribution < 1.29 is 5.11 Å². The van der Waals surface area contributed by atoms with Gasteiger partial charge in [0.2, 0.25) is 10.8 Å². The van der Waals surface area contributed by atoms with Gasteiger partial charge in [0.05, 0.1) is 10.9 Å². The molecule has 0 aromatic carbocycles. The fourth-order valence-electron chi connectivity index (χ4n) is 3.96. The lowest BCUT2D eigenvalue weighted by atomic mass is 9.90. The third kappa shape index (κ3) is 3.09. The van der Waals surface area contributed by atoms with E-state index in [0.717, 1.165) is 35.2 Å². The summed E-state index contributed by atoms with van der Waals surface area (Å²) >= 11 is 3.32. The second-order valence-corrected chi connectivity index (χ2v) is 9.17. The Labute approximate surface area is 155 Å². The maximum absolute atomic E-state index is 10.9. The number of rotatable bonds is 4. The Morgan fingerprint density at radius 3 is 2.68 bits per heavy atom. The molecule has 1 aliphatic rings. The fraction of sp³-hybridized carbons (Fsp3) is 0.556. The number of aryl methyl sites for hydroxylation is 1. The van der Waals surface area contributed by atoms with Crippen LogP contribution in [0.5, 0.6) is 5.88 Å². The summed E-state index contributed by atoms with van der Waals surface area (Å²) in [5.74, 6) is 2.36. The molecule has 1 fully saturated rings. The SMILES string of the molecule is CCc1nc2sc([C@@H](c3cccs3)N3C[C@@H](C)C[C@H](C)C3)c(O)n2n1. The molecule has 1 aliphatic heterocycles. The normalized spacial score (nSPS) is 23.3. The Bertz CT molecular complexity index is 844. The van der Waals surface area contributed by atoms with Crippen molar-refractivity contribution in [2.24, 2.45) is 11.8 Å². The lowest BCUT2D eigenvalue weighted by Gasteiger charge is -2.39. The molecule has 4 rings (SSSR count). The quantitative estimate of drug-likeness (QED) is 0.742. The van der Waals surface area contributed by atoms with Gasteiger partial charge in [0.15, 0.2) is 5.82 Å². The van der Waals surface area contributed by atoms with Crippen LogP contribution < -0.4 is 0 Å². The number of thiophene rings is 1. The van der Waals surface area contributed by atoms with E-state index < -0.39 is 0 Å². The molecule has 0 unspecified atom stereocenters. The summed E-state index contributed by atoms with van der Waals surface area (Å²) in [5, 5.41) is 17.4. The molecule has 1 saturated heterocycles. The van der Waals surface area contributed by atoms with Gasteiger partial charge in [0, 0.05) is 24.4 Å². The lowest BCUT2D eigenvalue weighted by molar-refractivity contribution is 0.113. The van der Waals surface area contributed by atoms with Gasteiger partial charge in [0.1, 0.15) is 0 Å². The summed E-state index contributed by atoms with van der Waals surface area (Å²) in [6.07, 6.45) is 2.05. The minimum absolute atomic E-state index is 0.0868. The van der Waals surface area contributed by atoms with Crippen LogP contribution in [-0.4, -0.2) is 37.7 Å². The van der Waals surface area contributed by atoms with Crippen molar-refractivity contribution in [2.45, 2.75) is 39.7 Å². The van der Waals surface area contributed by atoms with Gasteiger partial charge >= 0.3 is 0 Å². The summed E-state index contributed by atoms with van der Waals surface area (Å²) in [6, 6.07) is 4.35. The average molecular weight is 377 g/mol. The molecule has 5 nitrogen and oxygen atoms in total. The maximum Gasteiger partial charge on any atom is 0.230 e. The van der Waals surface area contributed by atoms with Gasteiger partial charge in [-0.3, -0.25) is 4.90 Å². The van der Waals surface area contributed by atoms with Crippen LogP contribution in [0.1, 0.15) is 48.8 Å². The highest BCUT2D eigenvalue weighted by atomic mass is 32.1. The number of aromatic hydroxyl groups is 1. The van der Waals surface area contributed by atoms with E-state index in [9.17, 15) is 5.11 Å². The number of fused-ring (bicyclic) bond motifs is 1. The molecular weight excluding hydrogens is 352 g/mol. The highest BCUT2D eigenvalue weighted by Gasteiger charge is 2.34. The van der Waals surface area contributed by atoms with Crippen molar-refractivity contribution in [2.75, 3.05) is 13.1 Å². The Kier molecular flexibility index (Phi) is 4.56. The minimum atomic E-state index is 0.0868. The van der Waals surface area contributed by atoms with Crippen molar-refractivity contribution in [1.29, 1.82) is 0 Å². The van der Waals surface area contributed by atoms with Gasteiger partial charge in [-0.05, 0) is 29.7 Å². The molecule has 0 spiro atoms. The minimum Gasteiger partial charge on any atom is -0.492 e. The summed E-state index contributed by atoms with van der Waals surface area (Å²) in [5.41, 5.74) is 0.